The van der Waals surface area contributed by atoms with Crippen molar-refractivity contribution in [3.63, 3.8) is 0 Å². The lowest BCUT2D eigenvalue weighted by molar-refractivity contribution is 0.329. The second-order valence-electron chi connectivity index (χ2n) is 5.68. The van der Waals surface area contributed by atoms with E-state index >= 15 is 0 Å². The minimum Gasteiger partial charge on any atom is -0.389 e. The molecule has 0 bridgehead atoms. The fourth-order valence-electron chi connectivity index (χ4n) is 1.80. The standard InChI is InChI=1S/C14H21BrN2S/c1-9(14(2,3)4)17(5)12-7-6-10(15)8-11(12)13(16)18/h6-9H,1-5H3,(H2,16,18). The van der Waals surface area contributed by atoms with Gasteiger partial charge in [-0.1, -0.05) is 48.9 Å². The topological polar surface area (TPSA) is 29.3 Å². The van der Waals surface area contributed by atoms with Crippen LogP contribution in [0.15, 0.2) is 22.7 Å². The van der Waals surface area contributed by atoms with E-state index in [1.807, 2.05) is 12.1 Å². The summed E-state index contributed by atoms with van der Waals surface area (Å²) in [7, 11) is 2.08. The summed E-state index contributed by atoms with van der Waals surface area (Å²) < 4.78 is 0.992. The summed E-state index contributed by atoms with van der Waals surface area (Å²) in [6.07, 6.45) is 0. The van der Waals surface area contributed by atoms with Crippen molar-refractivity contribution in [2.24, 2.45) is 11.1 Å². The molecule has 1 rings (SSSR count). The van der Waals surface area contributed by atoms with Crippen LogP contribution in [0.5, 0.6) is 0 Å². The van der Waals surface area contributed by atoms with Gasteiger partial charge in [-0.3, -0.25) is 0 Å². The molecule has 0 aliphatic heterocycles. The van der Waals surface area contributed by atoms with Crippen LogP contribution >= 0.6 is 28.1 Å². The molecule has 0 saturated heterocycles. The van der Waals surface area contributed by atoms with Crippen LogP contribution in [0.25, 0.3) is 0 Å². The summed E-state index contributed by atoms with van der Waals surface area (Å²) in [4.78, 5) is 2.67. The average Bonchev–Trinajstić information content (AvgIpc) is 2.25. The van der Waals surface area contributed by atoms with E-state index in [4.69, 9.17) is 18.0 Å². The molecule has 0 fully saturated rings. The second kappa shape index (κ2) is 5.57. The third-order valence-electron chi connectivity index (χ3n) is 3.44. The maximum Gasteiger partial charge on any atom is 0.106 e. The fraction of sp³-hybridized carbons (Fsp3) is 0.500. The van der Waals surface area contributed by atoms with E-state index in [2.05, 4.69) is 61.6 Å². The second-order valence-corrected chi connectivity index (χ2v) is 7.03. The molecule has 0 aromatic heterocycles. The highest BCUT2D eigenvalue weighted by Gasteiger charge is 2.25. The van der Waals surface area contributed by atoms with Gasteiger partial charge < -0.3 is 10.6 Å². The van der Waals surface area contributed by atoms with Crippen molar-refractivity contribution in [1.29, 1.82) is 0 Å². The Morgan fingerprint density at radius 2 is 1.94 bits per heavy atom. The first-order valence-electron chi connectivity index (χ1n) is 5.96. The van der Waals surface area contributed by atoms with Crippen molar-refractivity contribution in [2.75, 3.05) is 11.9 Å². The van der Waals surface area contributed by atoms with Crippen LogP contribution in [0.3, 0.4) is 0 Å². The molecule has 100 valence electrons. The lowest BCUT2D eigenvalue weighted by Gasteiger charge is -2.37. The highest BCUT2D eigenvalue weighted by atomic mass is 79.9. The zero-order valence-electron chi connectivity index (χ0n) is 11.6. The van der Waals surface area contributed by atoms with Crippen molar-refractivity contribution in [1.82, 2.24) is 0 Å². The summed E-state index contributed by atoms with van der Waals surface area (Å²) in [6, 6.07) is 6.43. The van der Waals surface area contributed by atoms with Crippen molar-refractivity contribution in [3.8, 4) is 0 Å². The van der Waals surface area contributed by atoms with E-state index in [-0.39, 0.29) is 5.41 Å². The van der Waals surface area contributed by atoms with Crippen molar-refractivity contribution in [2.45, 2.75) is 33.7 Å². The predicted molar refractivity (Wildman–Crippen MR) is 87.3 cm³/mol. The number of nitrogens with zero attached hydrogens (tertiary/aromatic N) is 1. The summed E-state index contributed by atoms with van der Waals surface area (Å²) in [5, 5.41) is 0. The Labute approximate surface area is 124 Å². The summed E-state index contributed by atoms with van der Waals surface area (Å²) in [5.74, 6) is 0. The van der Waals surface area contributed by atoms with Gasteiger partial charge in [-0.05, 0) is 30.5 Å². The Balaban J connectivity index is 3.21. The largest absolute Gasteiger partial charge is 0.389 e. The smallest absolute Gasteiger partial charge is 0.106 e. The van der Waals surface area contributed by atoms with Gasteiger partial charge in [0.25, 0.3) is 0 Å². The number of benzene rings is 1. The lowest BCUT2D eigenvalue weighted by atomic mass is 9.86. The van der Waals surface area contributed by atoms with Gasteiger partial charge in [-0.15, -0.1) is 0 Å². The van der Waals surface area contributed by atoms with Crippen LogP contribution < -0.4 is 10.6 Å². The van der Waals surface area contributed by atoms with Crippen LogP contribution in [0.4, 0.5) is 5.69 Å². The SMILES string of the molecule is CC(N(C)c1ccc(Br)cc1C(N)=S)C(C)(C)C. The van der Waals surface area contributed by atoms with E-state index in [9.17, 15) is 0 Å². The molecule has 2 nitrogen and oxygen atoms in total. The van der Waals surface area contributed by atoms with Gasteiger partial charge >= 0.3 is 0 Å². The normalized spacial score (nSPS) is 13.2. The predicted octanol–water partition coefficient (Wildman–Crippen LogP) is 3.95. The van der Waals surface area contributed by atoms with E-state index in [0.29, 0.717) is 11.0 Å². The fourth-order valence-corrected chi connectivity index (χ4v) is 2.33. The molecule has 0 saturated carbocycles. The van der Waals surface area contributed by atoms with Crippen molar-refractivity contribution < 1.29 is 0 Å². The van der Waals surface area contributed by atoms with Crippen LogP contribution in [-0.4, -0.2) is 18.1 Å². The number of nitrogens with two attached hydrogens (primary N) is 1. The Bertz CT molecular complexity index is 452. The molecule has 0 radical (unpaired) electrons. The Morgan fingerprint density at radius 1 is 1.39 bits per heavy atom. The minimum atomic E-state index is 0.190. The van der Waals surface area contributed by atoms with E-state index < -0.39 is 0 Å². The van der Waals surface area contributed by atoms with Crippen LogP contribution in [0, 0.1) is 5.41 Å². The molecule has 4 heteroatoms. The third-order valence-corrected chi connectivity index (χ3v) is 4.15. The number of thiocarbonyl (C=S) groups is 1. The van der Waals surface area contributed by atoms with Crippen LogP contribution in [0.1, 0.15) is 33.3 Å². The number of rotatable bonds is 3. The summed E-state index contributed by atoms with van der Waals surface area (Å²) in [6.45, 7) is 8.90. The maximum atomic E-state index is 5.81. The Hall–Kier alpha value is -0.610. The van der Waals surface area contributed by atoms with Gasteiger partial charge in [0.05, 0.1) is 0 Å². The third kappa shape index (κ3) is 3.45. The lowest BCUT2D eigenvalue weighted by Crippen LogP contribution is -2.40. The monoisotopic (exact) mass is 328 g/mol. The van der Waals surface area contributed by atoms with Gasteiger partial charge in [0.2, 0.25) is 0 Å². The molecule has 0 aliphatic rings. The van der Waals surface area contributed by atoms with Gasteiger partial charge in [0.1, 0.15) is 4.99 Å². The first-order chi connectivity index (χ1) is 8.14. The Kier molecular flexibility index (Phi) is 4.78. The summed E-state index contributed by atoms with van der Waals surface area (Å²) >= 11 is 8.60. The molecule has 1 aromatic rings. The average molecular weight is 329 g/mol. The van der Waals surface area contributed by atoms with E-state index in [0.717, 1.165) is 15.7 Å². The van der Waals surface area contributed by atoms with Crippen molar-refractivity contribution in [3.05, 3.63) is 28.2 Å². The molecule has 0 amide bonds. The van der Waals surface area contributed by atoms with Gasteiger partial charge in [-0.2, -0.15) is 0 Å². The quantitative estimate of drug-likeness (QED) is 0.852. The number of hydrogen-bond donors (Lipinski definition) is 1. The first kappa shape index (κ1) is 15.4. The molecule has 0 heterocycles. The minimum absolute atomic E-state index is 0.190. The highest BCUT2D eigenvalue weighted by molar-refractivity contribution is 9.10. The number of anilines is 1. The summed E-state index contributed by atoms with van der Waals surface area (Å²) in [5.41, 5.74) is 8.00. The molecule has 1 aromatic carbocycles. The molecule has 18 heavy (non-hydrogen) atoms. The molecule has 2 N–H and O–H groups in total. The van der Waals surface area contributed by atoms with Gasteiger partial charge in [-0.25, -0.2) is 0 Å². The zero-order chi connectivity index (χ0) is 14.1. The molecule has 0 spiro atoms. The van der Waals surface area contributed by atoms with Gasteiger partial charge in [0.15, 0.2) is 0 Å². The molecule has 1 unspecified atom stereocenters. The number of halogens is 1. The van der Waals surface area contributed by atoms with Gasteiger partial charge in [0, 0.05) is 28.8 Å². The maximum absolute atomic E-state index is 5.81. The molecule has 0 aliphatic carbocycles. The van der Waals surface area contributed by atoms with Crippen LogP contribution in [-0.2, 0) is 0 Å². The van der Waals surface area contributed by atoms with E-state index in [1.54, 1.807) is 0 Å². The zero-order valence-corrected chi connectivity index (χ0v) is 14.0. The van der Waals surface area contributed by atoms with E-state index in [1.165, 1.54) is 0 Å². The molecular formula is C14H21BrN2S. The van der Waals surface area contributed by atoms with Crippen LogP contribution in [0.2, 0.25) is 0 Å². The first-order valence-corrected chi connectivity index (χ1v) is 7.17. The number of hydrogen-bond acceptors (Lipinski definition) is 2. The Morgan fingerprint density at radius 3 is 2.39 bits per heavy atom. The molecular weight excluding hydrogens is 308 g/mol. The molecule has 1 atom stereocenters. The van der Waals surface area contributed by atoms with Crippen molar-refractivity contribution >= 4 is 38.8 Å². The highest BCUT2D eigenvalue weighted by Crippen LogP contribution is 2.30.